The largest absolute Gasteiger partial charge is 0.368 e. The van der Waals surface area contributed by atoms with E-state index in [-0.39, 0.29) is 5.95 Å². The van der Waals surface area contributed by atoms with Crippen LogP contribution in [0.2, 0.25) is 5.15 Å². The average Bonchev–Trinajstić information content (AvgIpc) is 2.63. The van der Waals surface area contributed by atoms with Crippen molar-refractivity contribution in [1.82, 2.24) is 9.97 Å². The fourth-order valence-corrected chi connectivity index (χ4v) is 2.65. The fraction of sp³-hybridized carbons (Fsp3) is 0.231. The first-order valence-corrected chi connectivity index (χ1v) is 6.20. The van der Waals surface area contributed by atoms with Gasteiger partial charge in [-0.2, -0.15) is 4.98 Å². The Morgan fingerprint density at radius 1 is 1.33 bits per heavy atom. The van der Waals surface area contributed by atoms with E-state index in [2.05, 4.69) is 40.0 Å². The van der Waals surface area contributed by atoms with Crippen molar-refractivity contribution in [2.45, 2.75) is 19.4 Å². The van der Waals surface area contributed by atoms with Gasteiger partial charge in [-0.15, -0.1) is 0 Å². The van der Waals surface area contributed by atoms with E-state index < -0.39 is 0 Å². The van der Waals surface area contributed by atoms with Crippen molar-refractivity contribution in [3.8, 4) is 0 Å². The molecule has 3 rings (SSSR count). The zero-order chi connectivity index (χ0) is 12.7. The van der Waals surface area contributed by atoms with Crippen LogP contribution in [-0.2, 0) is 6.42 Å². The topological polar surface area (TPSA) is 55.0 Å². The van der Waals surface area contributed by atoms with Crippen LogP contribution in [0.1, 0.15) is 12.5 Å². The number of hydrogen-bond acceptors (Lipinski definition) is 4. The van der Waals surface area contributed by atoms with Crippen molar-refractivity contribution in [2.75, 3.05) is 10.6 Å². The Bertz CT molecular complexity index is 579. The van der Waals surface area contributed by atoms with Crippen molar-refractivity contribution in [2.24, 2.45) is 0 Å². The van der Waals surface area contributed by atoms with Crippen LogP contribution in [0, 0.1) is 0 Å². The number of hydrogen-bond donors (Lipinski definition) is 1. The number of aromatic nitrogens is 2. The number of halogens is 1. The van der Waals surface area contributed by atoms with E-state index in [9.17, 15) is 0 Å². The molecule has 5 heteroatoms. The van der Waals surface area contributed by atoms with Crippen LogP contribution in [0.3, 0.4) is 0 Å². The molecule has 0 spiro atoms. The van der Waals surface area contributed by atoms with E-state index in [1.165, 1.54) is 11.3 Å². The minimum Gasteiger partial charge on any atom is -0.368 e. The quantitative estimate of drug-likeness (QED) is 0.801. The number of anilines is 3. The molecule has 92 valence electrons. The first-order valence-electron chi connectivity index (χ1n) is 5.82. The number of nitrogens with zero attached hydrogens (tertiary/aromatic N) is 3. The van der Waals surface area contributed by atoms with Crippen LogP contribution < -0.4 is 10.6 Å². The van der Waals surface area contributed by atoms with Gasteiger partial charge in [0.2, 0.25) is 5.95 Å². The lowest BCUT2D eigenvalue weighted by Gasteiger charge is -2.23. The maximum absolute atomic E-state index is 5.95. The molecule has 0 saturated carbocycles. The van der Waals surface area contributed by atoms with Crippen molar-refractivity contribution in [3.63, 3.8) is 0 Å². The Balaban J connectivity index is 2.11. The molecule has 0 aliphatic carbocycles. The minimum absolute atomic E-state index is 0.203. The van der Waals surface area contributed by atoms with Gasteiger partial charge in [0.05, 0.1) is 0 Å². The first-order chi connectivity index (χ1) is 8.65. The van der Waals surface area contributed by atoms with Gasteiger partial charge in [0.1, 0.15) is 11.0 Å². The normalized spacial score (nSPS) is 17.9. The summed E-state index contributed by atoms with van der Waals surface area (Å²) in [6, 6.07) is 10.4. The summed E-state index contributed by atoms with van der Waals surface area (Å²) in [4.78, 5) is 10.3. The molecule has 1 atom stereocenters. The van der Waals surface area contributed by atoms with E-state index in [1.807, 2.05) is 6.07 Å². The van der Waals surface area contributed by atoms with E-state index in [4.69, 9.17) is 17.3 Å². The van der Waals surface area contributed by atoms with Gasteiger partial charge in [-0.05, 0) is 25.0 Å². The van der Waals surface area contributed by atoms with Gasteiger partial charge in [0.25, 0.3) is 0 Å². The first kappa shape index (κ1) is 11.3. The zero-order valence-corrected chi connectivity index (χ0v) is 10.7. The summed E-state index contributed by atoms with van der Waals surface area (Å²) in [5, 5.41) is 0.370. The molecule has 1 unspecified atom stereocenters. The Labute approximate surface area is 110 Å². The van der Waals surface area contributed by atoms with Gasteiger partial charge in [-0.1, -0.05) is 29.8 Å². The molecular formula is C13H13ClN4. The summed E-state index contributed by atoms with van der Waals surface area (Å²) in [6.07, 6.45) is 0.998. The lowest BCUT2D eigenvalue weighted by molar-refractivity contribution is 0.750. The van der Waals surface area contributed by atoms with Gasteiger partial charge in [-0.25, -0.2) is 4.98 Å². The summed E-state index contributed by atoms with van der Waals surface area (Å²) in [6.45, 7) is 2.16. The molecule has 1 aliphatic heterocycles. The maximum Gasteiger partial charge on any atom is 0.223 e. The number of nitrogen functional groups attached to an aromatic ring is 1. The highest BCUT2D eigenvalue weighted by molar-refractivity contribution is 6.29. The lowest BCUT2D eigenvalue weighted by atomic mass is 10.1. The lowest BCUT2D eigenvalue weighted by Crippen LogP contribution is -2.25. The molecule has 0 amide bonds. The number of para-hydroxylation sites is 1. The van der Waals surface area contributed by atoms with Crippen LogP contribution in [0.25, 0.3) is 0 Å². The second-order valence-corrected chi connectivity index (χ2v) is 4.85. The van der Waals surface area contributed by atoms with Gasteiger partial charge < -0.3 is 10.6 Å². The molecule has 2 heterocycles. The predicted octanol–water partition coefficient (Wildman–Crippen LogP) is 2.79. The predicted molar refractivity (Wildman–Crippen MR) is 73.2 cm³/mol. The van der Waals surface area contributed by atoms with Crippen LogP contribution in [0.4, 0.5) is 17.5 Å². The standard InChI is InChI=1S/C13H13ClN4/c1-8-6-9-4-2-3-5-10(9)18(8)12-7-11(14)16-13(15)17-12/h2-5,7-8H,6H2,1H3,(H2,15,16,17). The molecule has 0 radical (unpaired) electrons. The fourth-order valence-electron chi connectivity index (χ4n) is 2.46. The third kappa shape index (κ3) is 1.78. The highest BCUT2D eigenvalue weighted by Gasteiger charge is 2.28. The van der Waals surface area contributed by atoms with Gasteiger partial charge in [0, 0.05) is 17.8 Å². The van der Waals surface area contributed by atoms with E-state index in [0.717, 1.165) is 12.2 Å². The second-order valence-electron chi connectivity index (χ2n) is 4.46. The molecule has 0 saturated heterocycles. The van der Waals surface area contributed by atoms with Crippen LogP contribution in [0.5, 0.6) is 0 Å². The Morgan fingerprint density at radius 3 is 2.89 bits per heavy atom. The summed E-state index contributed by atoms with van der Waals surface area (Å²) >= 11 is 5.95. The molecule has 0 bridgehead atoms. The maximum atomic E-state index is 5.95. The Hall–Kier alpha value is -1.81. The SMILES string of the molecule is CC1Cc2ccccc2N1c1cc(Cl)nc(N)n1. The zero-order valence-electron chi connectivity index (χ0n) is 9.97. The van der Waals surface area contributed by atoms with Crippen LogP contribution in [0.15, 0.2) is 30.3 Å². The highest BCUT2D eigenvalue weighted by atomic mass is 35.5. The molecule has 2 N–H and O–H groups in total. The van der Waals surface area contributed by atoms with Crippen molar-refractivity contribution < 1.29 is 0 Å². The van der Waals surface area contributed by atoms with Gasteiger partial charge >= 0.3 is 0 Å². The smallest absolute Gasteiger partial charge is 0.223 e. The third-order valence-corrected chi connectivity index (χ3v) is 3.35. The van der Waals surface area contributed by atoms with E-state index in [1.54, 1.807) is 6.07 Å². The second kappa shape index (κ2) is 4.14. The molecule has 1 aromatic carbocycles. The van der Waals surface area contributed by atoms with Gasteiger partial charge in [0.15, 0.2) is 0 Å². The third-order valence-electron chi connectivity index (χ3n) is 3.15. The minimum atomic E-state index is 0.203. The highest BCUT2D eigenvalue weighted by Crippen LogP contribution is 2.37. The van der Waals surface area contributed by atoms with Gasteiger partial charge in [-0.3, -0.25) is 0 Å². The molecule has 1 aliphatic rings. The Kier molecular flexibility index (Phi) is 2.59. The summed E-state index contributed by atoms with van der Waals surface area (Å²) in [5.74, 6) is 0.957. The summed E-state index contributed by atoms with van der Waals surface area (Å²) < 4.78 is 0. The van der Waals surface area contributed by atoms with Crippen LogP contribution >= 0.6 is 11.6 Å². The molecule has 1 aromatic heterocycles. The number of benzene rings is 1. The van der Waals surface area contributed by atoms with E-state index >= 15 is 0 Å². The summed E-state index contributed by atoms with van der Waals surface area (Å²) in [5.41, 5.74) is 8.14. The van der Waals surface area contributed by atoms with E-state index in [0.29, 0.717) is 11.2 Å². The monoisotopic (exact) mass is 260 g/mol. The molecule has 4 nitrogen and oxygen atoms in total. The molecule has 18 heavy (non-hydrogen) atoms. The molecule has 2 aromatic rings. The number of nitrogens with two attached hydrogens (primary N) is 1. The average molecular weight is 261 g/mol. The molecular weight excluding hydrogens is 248 g/mol. The van der Waals surface area contributed by atoms with Crippen molar-refractivity contribution >= 4 is 29.1 Å². The van der Waals surface area contributed by atoms with Crippen molar-refractivity contribution in [3.05, 3.63) is 41.0 Å². The number of rotatable bonds is 1. The summed E-state index contributed by atoms with van der Waals surface area (Å²) in [7, 11) is 0. The van der Waals surface area contributed by atoms with Crippen LogP contribution in [-0.4, -0.2) is 16.0 Å². The van der Waals surface area contributed by atoms with Crippen molar-refractivity contribution in [1.29, 1.82) is 0 Å². The molecule has 0 fully saturated rings. The Morgan fingerprint density at radius 2 is 2.11 bits per heavy atom. The number of fused-ring (bicyclic) bond motifs is 1.